The summed E-state index contributed by atoms with van der Waals surface area (Å²) in [6.07, 6.45) is -0.289. The van der Waals surface area contributed by atoms with Gasteiger partial charge in [0.2, 0.25) is 5.91 Å². The van der Waals surface area contributed by atoms with E-state index in [1.54, 1.807) is 24.3 Å². The van der Waals surface area contributed by atoms with Gasteiger partial charge >= 0.3 is 6.61 Å². The van der Waals surface area contributed by atoms with Crippen molar-refractivity contribution >= 4 is 17.5 Å². The van der Waals surface area contributed by atoms with Crippen molar-refractivity contribution in [3.8, 4) is 22.6 Å². The molecule has 2 atom stereocenters. The standard InChI is InChI=1S/C19H18ClF2NO4/c1-26-14-7-5-10(9-15(14)27-19(21)22)11-3-2-4-12(17(11)20)13-6-8-16(24)23-18(13)25/h2-5,7,9,13,18-19,25H,6,8H2,1H3,(H,23,24). The van der Waals surface area contributed by atoms with Crippen LogP contribution in [0.4, 0.5) is 8.78 Å². The topological polar surface area (TPSA) is 67.8 Å². The summed E-state index contributed by atoms with van der Waals surface area (Å²) in [5.41, 5.74) is 1.83. The molecule has 1 heterocycles. The highest BCUT2D eigenvalue weighted by Gasteiger charge is 2.30. The second-order valence-corrected chi connectivity index (χ2v) is 6.49. The van der Waals surface area contributed by atoms with Crippen molar-refractivity contribution in [3.05, 3.63) is 47.0 Å². The monoisotopic (exact) mass is 397 g/mol. The van der Waals surface area contributed by atoms with Crippen molar-refractivity contribution in [1.29, 1.82) is 0 Å². The Bertz CT molecular complexity index is 846. The number of carbonyl (C=O) groups is 1. The van der Waals surface area contributed by atoms with Crippen LogP contribution in [0.3, 0.4) is 0 Å². The molecule has 0 radical (unpaired) electrons. The fourth-order valence-electron chi connectivity index (χ4n) is 3.20. The summed E-state index contributed by atoms with van der Waals surface area (Å²) in [4.78, 5) is 11.4. The van der Waals surface area contributed by atoms with E-state index in [0.29, 0.717) is 28.1 Å². The van der Waals surface area contributed by atoms with Crippen molar-refractivity contribution in [3.63, 3.8) is 0 Å². The number of nitrogens with one attached hydrogen (secondary N) is 1. The summed E-state index contributed by atoms with van der Waals surface area (Å²) in [5, 5.41) is 13.1. The number of amides is 1. The highest BCUT2D eigenvalue weighted by molar-refractivity contribution is 6.34. The average Bonchev–Trinajstić information content (AvgIpc) is 2.62. The SMILES string of the molecule is COc1ccc(-c2cccc(C3CCC(=O)NC3O)c2Cl)cc1OC(F)F. The van der Waals surface area contributed by atoms with E-state index in [-0.39, 0.29) is 29.7 Å². The number of halogens is 3. The van der Waals surface area contributed by atoms with Gasteiger partial charge in [0, 0.05) is 17.9 Å². The maximum absolute atomic E-state index is 12.7. The van der Waals surface area contributed by atoms with Gasteiger partial charge in [-0.1, -0.05) is 35.9 Å². The Morgan fingerprint density at radius 3 is 2.70 bits per heavy atom. The Morgan fingerprint density at radius 1 is 1.26 bits per heavy atom. The first-order valence-electron chi connectivity index (χ1n) is 8.29. The fraction of sp³-hybridized carbons (Fsp3) is 0.316. The van der Waals surface area contributed by atoms with Crippen LogP contribution in [0.5, 0.6) is 11.5 Å². The smallest absolute Gasteiger partial charge is 0.387 e. The molecule has 2 N–H and O–H groups in total. The summed E-state index contributed by atoms with van der Waals surface area (Å²) in [6, 6.07) is 9.91. The van der Waals surface area contributed by atoms with E-state index in [9.17, 15) is 18.7 Å². The molecule has 2 aromatic rings. The molecule has 1 saturated heterocycles. The number of hydrogen-bond donors (Lipinski definition) is 2. The highest BCUT2D eigenvalue weighted by atomic mass is 35.5. The number of alkyl halides is 2. The van der Waals surface area contributed by atoms with E-state index in [1.165, 1.54) is 19.2 Å². The van der Waals surface area contributed by atoms with E-state index >= 15 is 0 Å². The molecule has 0 aromatic heterocycles. The Labute approximate surface area is 159 Å². The van der Waals surface area contributed by atoms with Crippen molar-refractivity contribution in [1.82, 2.24) is 5.32 Å². The number of hydrogen-bond acceptors (Lipinski definition) is 4. The van der Waals surface area contributed by atoms with Crippen LogP contribution in [0.25, 0.3) is 11.1 Å². The summed E-state index contributed by atoms with van der Waals surface area (Å²) in [6.45, 7) is -2.99. The van der Waals surface area contributed by atoms with Gasteiger partial charge in [-0.2, -0.15) is 8.78 Å². The van der Waals surface area contributed by atoms with Crippen LogP contribution in [0.2, 0.25) is 5.02 Å². The zero-order valence-electron chi connectivity index (χ0n) is 14.4. The van der Waals surface area contributed by atoms with Crippen LogP contribution in [0.1, 0.15) is 24.3 Å². The fourth-order valence-corrected chi connectivity index (χ4v) is 3.57. The maximum atomic E-state index is 12.7. The predicted molar refractivity (Wildman–Crippen MR) is 96.2 cm³/mol. The number of methoxy groups -OCH3 is 1. The second-order valence-electron chi connectivity index (χ2n) is 6.11. The number of ether oxygens (including phenoxy) is 2. The molecular weight excluding hydrogens is 380 g/mol. The van der Waals surface area contributed by atoms with Crippen molar-refractivity contribution in [2.24, 2.45) is 0 Å². The minimum absolute atomic E-state index is 0.101. The summed E-state index contributed by atoms with van der Waals surface area (Å²) < 4.78 is 34.9. The Hall–Kier alpha value is -2.38. The number of rotatable bonds is 5. The van der Waals surface area contributed by atoms with Gasteiger partial charge in [0.05, 0.1) is 12.1 Å². The predicted octanol–water partition coefficient (Wildman–Crippen LogP) is 3.93. The zero-order chi connectivity index (χ0) is 19.6. The molecule has 0 spiro atoms. The lowest BCUT2D eigenvalue weighted by atomic mass is 9.88. The summed E-state index contributed by atoms with van der Waals surface area (Å²) in [5.74, 6) is -0.492. The maximum Gasteiger partial charge on any atom is 0.387 e. The van der Waals surface area contributed by atoms with Gasteiger partial charge < -0.3 is 19.9 Å². The van der Waals surface area contributed by atoms with Crippen LogP contribution in [0, 0.1) is 0 Å². The lowest BCUT2D eigenvalue weighted by molar-refractivity contribution is -0.127. The molecule has 2 aromatic carbocycles. The zero-order valence-corrected chi connectivity index (χ0v) is 15.2. The lowest BCUT2D eigenvalue weighted by Crippen LogP contribution is -2.43. The molecule has 1 aliphatic rings. The quantitative estimate of drug-likeness (QED) is 0.802. The van der Waals surface area contributed by atoms with E-state index < -0.39 is 12.8 Å². The third kappa shape index (κ3) is 4.14. The lowest BCUT2D eigenvalue weighted by Gasteiger charge is -2.29. The van der Waals surface area contributed by atoms with Crippen molar-refractivity contribution < 1.29 is 28.2 Å². The molecule has 3 rings (SSSR count). The molecule has 1 amide bonds. The largest absolute Gasteiger partial charge is 0.493 e. The molecular formula is C19H18ClF2NO4. The number of benzene rings is 2. The summed E-state index contributed by atoms with van der Waals surface area (Å²) >= 11 is 6.57. The molecule has 0 saturated carbocycles. The van der Waals surface area contributed by atoms with Gasteiger partial charge in [0.1, 0.15) is 6.23 Å². The first-order valence-corrected chi connectivity index (χ1v) is 8.67. The average molecular weight is 398 g/mol. The number of aliphatic hydroxyl groups is 1. The van der Waals surface area contributed by atoms with Crippen molar-refractivity contribution in [2.45, 2.75) is 31.6 Å². The van der Waals surface area contributed by atoms with Crippen LogP contribution in [-0.2, 0) is 4.79 Å². The molecule has 8 heteroatoms. The Morgan fingerprint density at radius 2 is 2.04 bits per heavy atom. The first-order chi connectivity index (χ1) is 12.9. The van der Waals surface area contributed by atoms with Gasteiger partial charge in [0.25, 0.3) is 0 Å². The third-order valence-electron chi connectivity index (χ3n) is 4.49. The van der Waals surface area contributed by atoms with Gasteiger partial charge in [-0.15, -0.1) is 0 Å². The van der Waals surface area contributed by atoms with Gasteiger partial charge in [-0.25, -0.2) is 0 Å². The van der Waals surface area contributed by atoms with E-state index in [1.807, 2.05) is 0 Å². The van der Waals surface area contributed by atoms with Gasteiger partial charge in [0.15, 0.2) is 11.5 Å². The molecule has 27 heavy (non-hydrogen) atoms. The van der Waals surface area contributed by atoms with E-state index in [4.69, 9.17) is 16.3 Å². The second kappa shape index (κ2) is 8.10. The molecule has 0 bridgehead atoms. The van der Waals surface area contributed by atoms with Crippen LogP contribution in [0.15, 0.2) is 36.4 Å². The normalized spacial score (nSPS) is 19.7. The molecule has 2 unspecified atom stereocenters. The first kappa shape index (κ1) is 19.4. The van der Waals surface area contributed by atoms with Gasteiger partial charge in [-0.05, 0) is 29.7 Å². The molecule has 144 valence electrons. The van der Waals surface area contributed by atoms with E-state index in [0.717, 1.165) is 0 Å². The van der Waals surface area contributed by atoms with Crippen molar-refractivity contribution in [2.75, 3.05) is 7.11 Å². The van der Waals surface area contributed by atoms with Crippen LogP contribution in [-0.4, -0.2) is 31.0 Å². The summed E-state index contributed by atoms with van der Waals surface area (Å²) in [7, 11) is 1.36. The Balaban J connectivity index is 1.99. The third-order valence-corrected chi connectivity index (χ3v) is 4.91. The minimum atomic E-state index is -2.99. The number of carbonyl (C=O) groups excluding carboxylic acids is 1. The van der Waals surface area contributed by atoms with Crippen LogP contribution < -0.4 is 14.8 Å². The molecule has 5 nitrogen and oxygen atoms in total. The van der Waals surface area contributed by atoms with E-state index in [2.05, 4.69) is 10.1 Å². The number of piperidine rings is 1. The minimum Gasteiger partial charge on any atom is -0.493 e. The Kier molecular flexibility index (Phi) is 5.82. The van der Waals surface area contributed by atoms with Crippen LogP contribution >= 0.6 is 11.6 Å². The molecule has 1 fully saturated rings. The number of aliphatic hydroxyl groups excluding tert-OH is 1. The highest BCUT2D eigenvalue weighted by Crippen LogP contribution is 2.40. The molecule has 1 aliphatic heterocycles. The van der Waals surface area contributed by atoms with Gasteiger partial charge in [-0.3, -0.25) is 4.79 Å². The molecule has 0 aliphatic carbocycles.